The Balaban J connectivity index is 1.85. The SMILES string of the molecule is Cc1cccc(C(=O)NCC(=O)N2CCC(O)C(C)C2)c1. The number of benzene rings is 1. The fourth-order valence-corrected chi connectivity index (χ4v) is 2.52. The van der Waals surface area contributed by atoms with Crippen molar-refractivity contribution in [3.63, 3.8) is 0 Å². The first-order valence-corrected chi connectivity index (χ1v) is 7.28. The van der Waals surface area contributed by atoms with Gasteiger partial charge in [-0.05, 0) is 31.4 Å². The Hall–Kier alpha value is -1.88. The Morgan fingerprint density at radius 2 is 2.19 bits per heavy atom. The first-order valence-electron chi connectivity index (χ1n) is 7.28. The molecule has 0 spiro atoms. The van der Waals surface area contributed by atoms with Crippen molar-refractivity contribution in [2.45, 2.75) is 26.4 Å². The predicted molar refractivity (Wildman–Crippen MR) is 79.9 cm³/mol. The van der Waals surface area contributed by atoms with E-state index in [1.54, 1.807) is 17.0 Å². The minimum atomic E-state index is -0.337. The number of amides is 2. The molecule has 2 rings (SSSR count). The number of rotatable bonds is 3. The number of piperidine rings is 1. The topological polar surface area (TPSA) is 69.6 Å². The van der Waals surface area contributed by atoms with Gasteiger partial charge in [-0.1, -0.05) is 24.6 Å². The second-order valence-corrected chi connectivity index (χ2v) is 5.73. The predicted octanol–water partition coefficient (Wildman–Crippen LogP) is 0.954. The van der Waals surface area contributed by atoms with Gasteiger partial charge in [-0.15, -0.1) is 0 Å². The van der Waals surface area contributed by atoms with Gasteiger partial charge in [-0.2, -0.15) is 0 Å². The van der Waals surface area contributed by atoms with E-state index < -0.39 is 0 Å². The van der Waals surface area contributed by atoms with Crippen LogP contribution in [0.1, 0.15) is 29.3 Å². The molecule has 2 unspecified atom stereocenters. The number of aliphatic hydroxyl groups excluding tert-OH is 1. The highest BCUT2D eigenvalue weighted by molar-refractivity contribution is 5.96. The van der Waals surface area contributed by atoms with Crippen molar-refractivity contribution in [3.05, 3.63) is 35.4 Å². The van der Waals surface area contributed by atoms with Crippen LogP contribution in [-0.2, 0) is 4.79 Å². The quantitative estimate of drug-likeness (QED) is 0.871. The molecule has 2 atom stereocenters. The molecule has 5 heteroatoms. The summed E-state index contributed by atoms with van der Waals surface area (Å²) in [5.41, 5.74) is 1.57. The second-order valence-electron chi connectivity index (χ2n) is 5.73. The fourth-order valence-electron chi connectivity index (χ4n) is 2.52. The summed E-state index contributed by atoms with van der Waals surface area (Å²) in [6.07, 6.45) is 0.259. The van der Waals surface area contributed by atoms with Crippen LogP contribution in [-0.4, -0.2) is 47.6 Å². The van der Waals surface area contributed by atoms with Crippen LogP contribution in [0.15, 0.2) is 24.3 Å². The average Bonchev–Trinajstić information content (AvgIpc) is 2.47. The van der Waals surface area contributed by atoms with Crippen LogP contribution in [0, 0.1) is 12.8 Å². The molecule has 1 fully saturated rings. The molecule has 0 aromatic heterocycles. The van der Waals surface area contributed by atoms with E-state index in [0.29, 0.717) is 25.1 Å². The molecule has 5 nitrogen and oxygen atoms in total. The van der Waals surface area contributed by atoms with E-state index in [4.69, 9.17) is 0 Å². The summed E-state index contributed by atoms with van der Waals surface area (Å²) in [6.45, 7) is 4.93. The zero-order valence-electron chi connectivity index (χ0n) is 12.5. The molecule has 2 amide bonds. The summed E-state index contributed by atoms with van der Waals surface area (Å²) in [6, 6.07) is 7.26. The molecule has 0 saturated carbocycles. The van der Waals surface area contributed by atoms with Gasteiger partial charge < -0.3 is 15.3 Å². The highest BCUT2D eigenvalue weighted by Gasteiger charge is 2.27. The van der Waals surface area contributed by atoms with Crippen LogP contribution < -0.4 is 5.32 Å². The third-order valence-electron chi connectivity index (χ3n) is 3.89. The lowest BCUT2D eigenvalue weighted by molar-refractivity contribution is -0.133. The van der Waals surface area contributed by atoms with Crippen molar-refractivity contribution in [2.24, 2.45) is 5.92 Å². The zero-order chi connectivity index (χ0) is 15.4. The van der Waals surface area contributed by atoms with Crippen LogP contribution >= 0.6 is 0 Å². The van der Waals surface area contributed by atoms with Gasteiger partial charge in [0.25, 0.3) is 5.91 Å². The first kappa shape index (κ1) is 15.5. The fraction of sp³-hybridized carbons (Fsp3) is 0.500. The van der Waals surface area contributed by atoms with Gasteiger partial charge in [0.1, 0.15) is 0 Å². The number of carbonyl (C=O) groups excluding carboxylic acids is 2. The maximum atomic E-state index is 12.1. The van der Waals surface area contributed by atoms with Crippen LogP contribution in [0.25, 0.3) is 0 Å². The molecular formula is C16H22N2O3. The van der Waals surface area contributed by atoms with Crippen molar-refractivity contribution in [2.75, 3.05) is 19.6 Å². The highest BCUT2D eigenvalue weighted by Crippen LogP contribution is 2.16. The number of nitrogens with one attached hydrogen (secondary N) is 1. The summed E-state index contributed by atoms with van der Waals surface area (Å²) < 4.78 is 0. The van der Waals surface area contributed by atoms with Crippen molar-refractivity contribution >= 4 is 11.8 Å². The molecule has 2 N–H and O–H groups in total. The van der Waals surface area contributed by atoms with E-state index in [9.17, 15) is 14.7 Å². The van der Waals surface area contributed by atoms with Crippen molar-refractivity contribution < 1.29 is 14.7 Å². The Bertz CT molecular complexity index is 530. The monoisotopic (exact) mass is 290 g/mol. The minimum Gasteiger partial charge on any atom is -0.393 e. The smallest absolute Gasteiger partial charge is 0.251 e. The van der Waals surface area contributed by atoms with Crippen LogP contribution in [0.2, 0.25) is 0 Å². The molecule has 1 saturated heterocycles. The van der Waals surface area contributed by atoms with E-state index in [1.807, 2.05) is 26.0 Å². The standard InChI is InChI=1S/C16H22N2O3/c1-11-4-3-5-13(8-11)16(21)17-9-15(20)18-7-6-14(19)12(2)10-18/h3-5,8,12,14,19H,6-7,9-10H2,1-2H3,(H,17,21). The maximum Gasteiger partial charge on any atom is 0.251 e. The molecule has 1 aromatic rings. The molecule has 0 bridgehead atoms. The summed E-state index contributed by atoms with van der Waals surface area (Å²) in [5, 5.41) is 12.3. The summed E-state index contributed by atoms with van der Waals surface area (Å²) in [4.78, 5) is 25.8. The van der Waals surface area contributed by atoms with Gasteiger partial charge in [0.2, 0.25) is 5.91 Å². The van der Waals surface area contributed by atoms with Crippen LogP contribution in [0.4, 0.5) is 0 Å². The van der Waals surface area contributed by atoms with Crippen LogP contribution in [0.5, 0.6) is 0 Å². The van der Waals surface area contributed by atoms with Crippen molar-refractivity contribution in [3.8, 4) is 0 Å². The zero-order valence-corrected chi connectivity index (χ0v) is 12.5. The summed E-state index contributed by atoms with van der Waals surface area (Å²) >= 11 is 0. The lowest BCUT2D eigenvalue weighted by Crippen LogP contribution is -2.48. The number of aryl methyl sites for hydroxylation is 1. The Kier molecular flexibility index (Phi) is 4.96. The normalized spacial score (nSPS) is 22.0. The van der Waals surface area contributed by atoms with Crippen LogP contribution in [0.3, 0.4) is 0 Å². The molecule has 1 aliphatic heterocycles. The molecule has 0 aliphatic carbocycles. The summed E-state index contributed by atoms with van der Waals surface area (Å²) in [7, 11) is 0. The average molecular weight is 290 g/mol. The van der Waals surface area contributed by atoms with Gasteiger partial charge in [-0.25, -0.2) is 0 Å². The first-order chi connectivity index (χ1) is 9.97. The molecule has 114 valence electrons. The van der Waals surface area contributed by atoms with Crippen molar-refractivity contribution in [1.82, 2.24) is 10.2 Å². The van der Waals surface area contributed by atoms with Gasteiger partial charge >= 0.3 is 0 Å². The number of aliphatic hydroxyl groups is 1. The van der Waals surface area contributed by atoms with E-state index >= 15 is 0 Å². The van der Waals surface area contributed by atoms with Gasteiger partial charge in [-0.3, -0.25) is 9.59 Å². The Morgan fingerprint density at radius 1 is 1.43 bits per heavy atom. The molecule has 1 aliphatic rings. The van der Waals surface area contributed by atoms with Gasteiger partial charge in [0.05, 0.1) is 12.6 Å². The number of nitrogens with zero attached hydrogens (tertiary/aromatic N) is 1. The number of hydrogen-bond donors (Lipinski definition) is 2. The lowest BCUT2D eigenvalue weighted by atomic mass is 9.97. The lowest BCUT2D eigenvalue weighted by Gasteiger charge is -2.34. The third-order valence-corrected chi connectivity index (χ3v) is 3.89. The molecule has 1 heterocycles. The molecule has 21 heavy (non-hydrogen) atoms. The number of likely N-dealkylation sites (tertiary alicyclic amines) is 1. The Morgan fingerprint density at radius 3 is 2.86 bits per heavy atom. The molecular weight excluding hydrogens is 268 g/mol. The number of carbonyl (C=O) groups is 2. The minimum absolute atomic E-state index is 0.00437. The maximum absolute atomic E-state index is 12.1. The highest BCUT2D eigenvalue weighted by atomic mass is 16.3. The van der Waals surface area contributed by atoms with Gasteiger partial charge in [0.15, 0.2) is 0 Å². The largest absolute Gasteiger partial charge is 0.393 e. The van der Waals surface area contributed by atoms with E-state index in [2.05, 4.69) is 5.32 Å². The van der Waals surface area contributed by atoms with E-state index in [0.717, 1.165) is 5.56 Å². The summed E-state index contributed by atoms with van der Waals surface area (Å²) in [5.74, 6) is -0.262. The second kappa shape index (κ2) is 6.72. The van der Waals surface area contributed by atoms with E-state index in [1.165, 1.54) is 0 Å². The van der Waals surface area contributed by atoms with E-state index in [-0.39, 0.29) is 30.4 Å². The molecule has 0 radical (unpaired) electrons. The Labute approximate surface area is 125 Å². The number of hydrogen-bond acceptors (Lipinski definition) is 3. The van der Waals surface area contributed by atoms with Crippen molar-refractivity contribution in [1.29, 1.82) is 0 Å². The molecule has 1 aromatic carbocycles. The third kappa shape index (κ3) is 4.04. The van der Waals surface area contributed by atoms with Gasteiger partial charge in [0, 0.05) is 18.7 Å².